The van der Waals surface area contributed by atoms with Crippen molar-refractivity contribution in [3.63, 3.8) is 0 Å². The minimum Gasteiger partial charge on any atom is -0.481 e. The molecule has 0 N–H and O–H groups in total. The summed E-state index contributed by atoms with van der Waals surface area (Å²) in [4.78, 5) is 3.89. The number of aliphatic imine (C=N–C) groups is 1. The molecule has 0 aliphatic heterocycles. The summed E-state index contributed by atoms with van der Waals surface area (Å²) in [6, 6.07) is 0. The van der Waals surface area contributed by atoms with Crippen molar-refractivity contribution in [1.82, 2.24) is 0 Å². The van der Waals surface area contributed by atoms with Gasteiger partial charge in [-0.05, 0) is 6.92 Å². The first-order valence-corrected chi connectivity index (χ1v) is 2.93. The lowest BCUT2D eigenvalue weighted by Gasteiger charge is -2.00. The predicted molar refractivity (Wildman–Crippen MR) is 35.3 cm³/mol. The summed E-state index contributed by atoms with van der Waals surface area (Å²) in [6.07, 6.45) is 0.893. The van der Waals surface area contributed by atoms with Crippen LogP contribution in [0.15, 0.2) is 4.99 Å². The lowest BCUT2D eigenvalue weighted by atomic mass is 10.5. The van der Waals surface area contributed by atoms with Gasteiger partial charge in [0.1, 0.15) is 0 Å². The zero-order chi connectivity index (χ0) is 6.41. The van der Waals surface area contributed by atoms with Crippen LogP contribution in [0.4, 0.5) is 0 Å². The molecule has 48 valence electrons. The number of ether oxygens (including phenoxy) is 1. The summed E-state index contributed by atoms with van der Waals surface area (Å²) in [5, 5.41) is 0. The third kappa shape index (κ3) is 2.61. The lowest BCUT2D eigenvalue weighted by Crippen LogP contribution is -2.01. The molecular formula is C6H13NO. The van der Waals surface area contributed by atoms with Crippen LogP contribution in [0.2, 0.25) is 0 Å². The van der Waals surface area contributed by atoms with Crippen molar-refractivity contribution >= 4 is 5.90 Å². The van der Waals surface area contributed by atoms with Crippen molar-refractivity contribution in [1.29, 1.82) is 0 Å². The highest BCUT2D eigenvalue weighted by molar-refractivity contribution is 5.75. The van der Waals surface area contributed by atoms with Gasteiger partial charge in [-0.1, -0.05) is 6.92 Å². The smallest absolute Gasteiger partial charge is 0.182 e. The maximum absolute atomic E-state index is 5.09. The van der Waals surface area contributed by atoms with Crippen molar-refractivity contribution in [3.05, 3.63) is 0 Å². The highest BCUT2D eigenvalue weighted by atomic mass is 16.5. The van der Waals surface area contributed by atoms with Gasteiger partial charge in [-0.3, -0.25) is 4.99 Å². The first kappa shape index (κ1) is 7.47. The largest absolute Gasteiger partial charge is 0.481 e. The van der Waals surface area contributed by atoms with Crippen LogP contribution in [0.5, 0.6) is 0 Å². The molecule has 2 heteroatoms. The Kier molecular flexibility index (Phi) is 4.32. The Balaban J connectivity index is 3.38. The fraction of sp³-hybridized carbons (Fsp3) is 0.833. The van der Waals surface area contributed by atoms with Crippen LogP contribution in [0.3, 0.4) is 0 Å². The normalized spacial score (nSPS) is 11.6. The van der Waals surface area contributed by atoms with E-state index in [0.29, 0.717) is 0 Å². The van der Waals surface area contributed by atoms with Crippen molar-refractivity contribution in [2.75, 3.05) is 13.7 Å². The van der Waals surface area contributed by atoms with Crippen molar-refractivity contribution in [2.45, 2.75) is 20.3 Å². The van der Waals surface area contributed by atoms with Gasteiger partial charge in [0, 0.05) is 13.5 Å². The molecule has 0 unspecified atom stereocenters. The number of nitrogens with zero attached hydrogens (tertiary/aromatic N) is 1. The number of hydrogen-bond donors (Lipinski definition) is 0. The van der Waals surface area contributed by atoms with Gasteiger partial charge in [0.2, 0.25) is 0 Å². The van der Waals surface area contributed by atoms with Crippen molar-refractivity contribution in [2.24, 2.45) is 4.99 Å². The Hall–Kier alpha value is -0.530. The van der Waals surface area contributed by atoms with Gasteiger partial charge >= 0.3 is 0 Å². The molecule has 0 amide bonds. The minimum absolute atomic E-state index is 0.723. The summed E-state index contributed by atoms with van der Waals surface area (Å²) in [6.45, 7) is 4.71. The highest BCUT2D eigenvalue weighted by Crippen LogP contribution is 1.85. The average Bonchev–Trinajstić information content (AvgIpc) is 1.83. The summed E-state index contributed by atoms with van der Waals surface area (Å²) < 4.78 is 5.09. The zero-order valence-electron chi connectivity index (χ0n) is 5.77. The van der Waals surface area contributed by atoms with Gasteiger partial charge in [0.25, 0.3) is 0 Å². The fourth-order valence-corrected chi connectivity index (χ4v) is 0.491. The van der Waals surface area contributed by atoms with Crippen LogP contribution in [-0.2, 0) is 4.74 Å². The number of hydrogen-bond acceptors (Lipinski definition) is 2. The SMILES string of the molecule is CCO/C(CC)=N\C. The molecule has 0 aliphatic carbocycles. The average molecular weight is 115 g/mol. The summed E-state index contributed by atoms with van der Waals surface area (Å²) >= 11 is 0. The van der Waals surface area contributed by atoms with Gasteiger partial charge in [-0.25, -0.2) is 0 Å². The van der Waals surface area contributed by atoms with Crippen molar-refractivity contribution in [3.8, 4) is 0 Å². The highest BCUT2D eigenvalue weighted by Gasteiger charge is 1.88. The van der Waals surface area contributed by atoms with Gasteiger partial charge < -0.3 is 4.74 Å². The Bertz CT molecular complexity index is 78.6. The van der Waals surface area contributed by atoms with Crippen LogP contribution in [0.1, 0.15) is 20.3 Å². The molecule has 8 heavy (non-hydrogen) atoms. The third-order valence-electron chi connectivity index (χ3n) is 0.863. The molecule has 0 bridgehead atoms. The molecule has 0 spiro atoms. The minimum atomic E-state index is 0.723. The van der Waals surface area contributed by atoms with Gasteiger partial charge in [-0.2, -0.15) is 0 Å². The lowest BCUT2D eigenvalue weighted by molar-refractivity contribution is 0.318. The van der Waals surface area contributed by atoms with E-state index in [1.807, 2.05) is 13.8 Å². The zero-order valence-corrected chi connectivity index (χ0v) is 5.77. The van der Waals surface area contributed by atoms with E-state index in [9.17, 15) is 0 Å². The Morgan fingerprint density at radius 3 is 2.25 bits per heavy atom. The Morgan fingerprint density at radius 1 is 1.50 bits per heavy atom. The van der Waals surface area contributed by atoms with Crippen LogP contribution in [0, 0.1) is 0 Å². The fourth-order valence-electron chi connectivity index (χ4n) is 0.491. The van der Waals surface area contributed by atoms with Crippen LogP contribution in [-0.4, -0.2) is 19.6 Å². The van der Waals surface area contributed by atoms with Crippen molar-refractivity contribution < 1.29 is 4.74 Å². The van der Waals surface area contributed by atoms with Crippen LogP contribution in [0.25, 0.3) is 0 Å². The van der Waals surface area contributed by atoms with Gasteiger partial charge in [0.15, 0.2) is 5.90 Å². The molecule has 0 aliphatic rings. The van der Waals surface area contributed by atoms with E-state index >= 15 is 0 Å². The molecule has 0 aromatic carbocycles. The second kappa shape index (κ2) is 4.62. The third-order valence-corrected chi connectivity index (χ3v) is 0.863. The molecule has 0 radical (unpaired) electrons. The number of rotatable bonds is 2. The standard InChI is InChI=1S/C6H13NO/c1-4-6(7-3)8-5-2/h4-5H2,1-3H3/b7-6-. The molecule has 0 atom stereocenters. The molecular weight excluding hydrogens is 102 g/mol. The Morgan fingerprint density at radius 2 is 2.12 bits per heavy atom. The first-order valence-electron chi connectivity index (χ1n) is 2.93. The van der Waals surface area contributed by atoms with Crippen LogP contribution < -0.4 is 0 Å². The van der Waals surface area contributed by atoms with E-state index in [1.54, 1.807) is 7.05 Å². The topological polar surface area (TPSA) is 21.6 Å². The second-order valence-corrected chi connectivity index (χ2v) is 1.40. The molecule has 0 saturated carbocycles. The molecule has 0 aromatic heterocycles. The molecule has 0 heterocycles. The molecule has 0 aromatic rings. The summed E-state index contributed by atoms with van der Waals surface area (Å²) in [7, 11) is 1.74. The summed E-state index contributed by atoms with van der Waals surface area (Å²) in [5.74, 6) is 0.840. The maximum Gasteiger partial charge on any atom is 0.182 e. The van der Waals surface area contributed by atoms with E-state index in [0.717, 1.165) is 18.9 Å². The Labute approximate surface area is 50.6 Å². The monoisotopic (exact) mass is 115 g/mol. The quantitative estimate of drug-likeness (QED) is 0.394. The molecule has 2 nitrogen and oxygen atoms in total. The van der Waals surface area contributed by atoms with Gasteiger partial charge in [0.05, 0.1) is 6.61 Å². The molecule has 0 saturated heterocycles. The van der Waals surface area contributed by atoms with E-state index < -0.39 is 0 Å². The summed E-state index contributed by atoms with van der Waals surface area (Å²) in [5.41, 5.74) is 0. The second-order valence-electron chi connectivity index (χ2n) is 1.40. The van der Waals surface area contributed by atoms with E-state index in [2.05, 4.69) is 4.99 Å². The van der Waals surface area contributed by atoms with E-state index in [-0.39, 0.29) is 0 Å². The molecule has 0 fully saturated rings. The van der Waals surface area contributed by atoms with Gasteiger partial charge in [-0.15, -0.1) is 0 Å². The first-order chi connectivity index (χ1) is 3.85. The predicted octanol–water partition coefficient (Wildman–Crippen LogP) is 1.46. The maximum atomic E-state index is 5.09. The van der Waals surface area contributed by atoms with E-state index in [1.165, 1.54) is 0 Å². The van der Waals surface area contributed by atoms with E-state index in [4.69, 9.17) is 4.74 Å². The molecule has 0 rings (SSSR count). The van der Waals surface area contributed by atoms with Crippen LogP contribution >= 0.6 is 0 Å².